The summed E-state index contributed by atoms with van der Waals surface area (Å²) < 4.78 is 0. The summed E-state index contributed by atoms with van der Waals surface area (Å²) in [6, 6.07) is 18.2. The van der Waals surface area contributed by atoms with E-state index in [9.17, 15) is 0 Å². The average molecular weight is 376 g/mol. The number of rotatable bonds is 4. The second kappa shape index (κ2) is 7.77. The maximum atomic E-state index is 2.72. The third-order valence-electron chi connectivity index (χ3n) is 6.80. The fourth-order valence-corrected chi connectivity index (χ4v) is 6.18. The van der Waals surface area contributed by atoms with E-state index in [1.54, 1.807) is 16.0 Å². The molecule has 2 heteroatoms. The number of hydrogen-bond acceptors (Lipinski definition) is 2. The lowest BCUT2D eigenvalue weighted by Crippen LogP contribution is -2.34. The Bertz CT molecular complexity index is 903. The molecule has 0 radical (unpaired) electrons. The molecule has 1 aromatic heterocycles. The van der Waals surface area contributed by atoms with E-state index in [0.29, 0.717) is 0 Å². The van der Waals surface area contributed by atoms with Gasteiger partial charge in [-0.15, -0.1) is 11.3 Å². The van der Waals surface area contributed by atoms with Gasteiger partial charge in [0.15, 0.2) is 0 Å². The Morgan fingerprint density at radius 3 is 2.67 bits per heavy atom. The Morgan fingerprint density at radius 1 is 0.926 bits per heavy atom. The first-order valence-corrected chi connectivity index (χ1v) is 11.5. The van der Waals surface area contributed by atoms with Crippen LogP contribution in [0.4, 0.5) is 0 Å². The van der Waals surface area contributed by atoms with Crippen molar-refractivity contribution in [3.8, 4) is 0 Å². The van der Waals surface area contributed by atoms with E-state index < -0.39 is 0 Å². The van der Waals surface area contributed by atoms with Crippen LogP contribution in [0.2, 0.25) is 0 Å². The third kappa shape index (κ3) is 3.70. The van der Waals surface area contributed by atoms with Crippen molar-refractivity contribution in [3.05, 3.63) is 69.9 Å². The molecule has 0 amide bonds. The van der Waals surface area contributed by atoms with Crippen molar-refractivity contribution in [2.75, 3.05) is 19.6 Å². The summed E-state index contributed by atoms with van der Waals surface area (Å²) in [4.78, 5) is 4.39. The average Bonchev–Trinajstić information content (AvgIpc) is 3.22. The van der Waals surface area contributed by atoms with E-state index in [0.717, 1.165) is 11.8 Å². The summed E-state index contributed by atoms with van der Waals surface area (Å²) in [7, 11) is 0. The Balaban J connectivity index is 1.17. The maximum absolute atomic E-state index is 2.72. The molecule has 27 heavy (non-hydrogen) atoms. The van der Waals surface area contributed by atoms with Gasteiger partial charge in [-0.05, 0) is 103 Å². The Kier molecular flexibility index (Phi) is 5.02. The monoisotopic (exact) mass is 375 g/mol. The Morgan fingerprint density at radius 2 is 1.78 bits per heavy atom. The molecule has 2 aliphatic rings. The molecule has 1 aliphatic heterocycles. The highest BCUT2D eigenvalue weighted by atomic mass is 32.1. The molecule has 5 rings (SSSR count). The van der Waals surface area contributed by atoms with Crippen LogP contribution in [0.5, 0.6) is 0 Å². The van der Waals surface area contributed by atoms with Gasteiger partial charge in [-0.25, -0.2) is 0 Å². The van der Waals surface area contributed by atoms with Crippen LogP contribution in [-0.4, -0.2) is 24.5 Å². The summed E-state index contributed by atoms with van der Waals surface area (Å²) in [5.74, 6) is 1.56. The molecule has 1 unspecified atom stereocenters. The zero-order valence-electron chi connectivity index (χ0n) is 16.1. The largest absolute Gasteiger partial charge is 0.303 e. The molecule has 3 aromatic rings. The van der Waals surface area contributed by atoms with Crippen LogP contribution in [0.15, 0.2) is 53.9 Å². The van der Waals surface area contributed by atoms with Crippen molar-refractivity contribution in [2.45, 2.75) is 50.4 Å². The van der Waals surface area contributed by atoms with Gasteiger partial charge in [0.2, 0.25) is 0 Å². The van der Waals surface area contributed by atoms with Crippen LogP contribution in [0.1, 0.15) is 59.9 Å². The SMILES string of the molecule is c1ccc2cc(C3CCN(CCC4CCCc5sccc54)CC3)ccc2c1. The number of likely N-dealkylation sites (tertiary alicyclic amines) is 1. The van der Waals surface area contributed by atoms with E-state index in [4.69, 9.17) is 0 Å². The van der Waals surface area contributed by atoms with Gasteiger partial charge in [0, 0.05) is 4.88 Å². The van der Waals surface area contributed by atoms with Crippen LogP contribution in [0.25, 0.3) is 10.8 Å². The Labute approximate surface area is 167 Å². The van der Waals surface area contributed by atoms with Crippen molar-refractivity contribution in [3.63, 3.8) is 0 Å². The smallest absolute Gasteiger partial charge is 0.00800 e. The molecule has 0 bridgehead atoms. The molecule has 1 atom stereocenters. The molecule has 2 heterocycles. The second-order valence-electron chi connectivity index (χ2n) is 8.40. The quantitative estimate of drug-likeness (QED) is 0.497. The van der Waals surface area contributed by atoms with Crippen LogP contribution in [0, 0.1) is 0 Å². The number of thiophene rings is 1. The highest BCUT2D eigenvalue weighted by molar-refractivity contribution is 7.10. The summed E-state index contributed by atoms with van der Waals surface area (Å²) in [5, 5.41) is 5.05. The van der Waals surface area contributed by atoms with Crippen molar-refractivity contribution < 1.29 is 0 Å². The van der Waals surface area contributed by atoms with E-state index in [-0.39, 0.29) is 0 Å². The minimum absolute atomic E-state index is 0.740. The lowest BCUT2D eigenvalue weighted by molar-refractivity contribution is 0.203. The fourth-order valence-electron chi connectivity index (χ4n) is 5.17. The number of fused-ring (bicyclic) bond motifs is 2. The second-order valence-corrected chi connectivity index (χ2v) is 9.40. The summed E-state index contributed by atoms with van der Waals surface area (Å²) >= 11 is 1.98. The number of aryl methyl sites for hydroxylation is 1. The third-order valence-corrected chi connectivity index (χ3v) is 7.80. The first kappa shape index (κ1) is 17.5. The van der Waals surface area contributed by atoms with Gasteiger partial charge in [0.1, 0.15) is 0 Å². The molecule has 0 spiro atoms. The number of hydrogen-bond donors (Lipinski definition) is 0. The number of nitrogens with zero attached hydrogens (tertiary/aromatic N) is 1. The highest BCUT2D eigenvalue weighted by Gasteiger charge is 2.24. The lowest BCUT2D eigenvalue weighted by Gasteiger charge is -2.33. The van der Waals surface area contributed by atoms with Crippen LogP contribution in [0.3, 0.4) is 0 Å². The van der Waals surface area contributed by atoms with Crippen LogP contribution < -0.4 is 0 Å². The molecule has 1 nitrogen and oxygen atoms in total. The van der Waals surface area contributed by atoms with E-state index in [2.05, 4.69) is 58.8 Å². The van der Waals surface area contributed by atoms with Gasteiger partial charge < -0.3 is 4.90 Å². The van der Waals surface area contributed by atoms with Gasteiger partial charge in [-0.2, -0.15) is 0 Å². The van der Waals surface area contributed by atoms with E-state index in [1.807, 2.05) is 11.3 Å². The minimum atomic E-state index is 0.740. The zero-order valence-corrected chi connectivity index (χ0v) is 16.9. The standard InChI is InChI=1S/C25H29NS/c1-2-5-22-18-23(9-8-19(22)4-1)20-10-14-26(15-11-20)16-12-21-6-3-7-25-24(21)13-17-27-25/h1-2,4-5,8-9,13,17-18,20-21H,3,6-7,10-12,14-16H2. The van der Waals surface area contributed by atoms with Gasteiger partial charge in [0.05, 0.1) is 0 Å². The van der Waals surface area contributed by atoms with Gasteiger partial charge >= 0.3 is 0 Å². The van der Waals surface area contributed by atoms with Crippen molar-refractivity contribution in [1.82, 2.24) is 4.90 Å². The number of piperidine rings is 1. The molecule has 0 saturated carbocycles. The predicted molar refractivity (Wildman–Crippen MR) is 117 cm³/mol. The van der Waals surface area contributed by atoms with Gasteiger partial charge in [0.25, 0.3) is 0 Å². The molecule has 2 aromatic carbocycles. The number of benzene rings is 2. The van der Waals surface area contributed by atoms with E-state index >= 15 is 0 Å². The fraction of sp³-hybridized carbons (Fsp3) is 0.440. The van der Waals surface area contributed by atoms with Gasteiger partial charge in [-0.3, -0.25) is 0 Å². The molecular weight excluding hydrogens is 346 g/mol. The summed E-state index contributed by atoms with van der Waals surface area (Å²) in [5.41, 5.74) is 3.22. The first-order valence-electron chi connectivity index (χ1n) is 10.6. The molecule has 1 saturated heterocycles. The Hall–Kier alpha value is -1.64. The predicted octanol–water partition coefficient (Wildman–Crippen LogP) is 6.59. The minimum Gasteiger partial charge on any atom is -0.303 e. The maximum Gasteiger partial charge on any atom is 0.00800 e. The van der Waals surface area contributed by atoms with Crippen molar-refractivity contribution in [1.29, 1.82) is 0 Å². The molecule has 0 N–H and O–H groups in total. The molecule has 140 valence electrons. The van der Waals surface area contributed by atoms with Crippen LogP contribution in [-0.2, 0) is 6.42 Å². The summed E-state index contributed by atoms with van der Waals surface area (Å²) in [6.07, 6.45) is 8.09. The molecule has 1 fully saturated rings. The molecule has 1 aliphatic carbocycles. The molecular formula is C25H29NS. The zero-order chi connectivity index (χ0) is 18.1. The lowest BCUT2D eigenvalue weighted by atomic mass is 9.84. The van der Waals surface area contributed by atoms with E-state index in [1.165, 1.54) is 68.9 Å². The van der Waals surface area contributed by atoms with Crippen molar-refractivity contribution >= 4 is 22.1 Å². The summed E-state index contributed by atoms with van der Waals surface area (Å²) in [6.45, 7) is 3.81. The van der Waals surface area contributed by atoms with Crippen LogP contribution >= 0.6 is 11.3 Å². The normalized spacial score (nSPS) is 21.4. The van der Waals surface area contributed by atoms with Gasteiger partial charge in [-0.1, -0.05) is 42.5 Å². The first-order chi connectivity index (χ1) is 13.4. The highest BCUT2D eigenvalue weighted by Crippen LogP contribution is 2.37. The van der Waals surface area contributed by atoms with Crippen molar-refractivity contribution in [2.24, 2.45) is 0 Å². The topological polar surface area (TPSA) is 3.24 Å².